The largest absolute Gasteiger partial charge is 0.444 e. The highest BCUT2D eigenvalue weighted by Gasteiger charge is 2.17. The highest BCUT2D eigenvalue weighted by molar-refractivity contribution is 5.85. The molecule has 2 N–H and O–H groups in total. The molecule has 0 unspecified atom stereocenters. The number of fused-ring (bicyclic) bond motifs is 1. The Hall–Kier alpha value is -2.49. The predicted octanol–water partition coefficient (Wildman–Crippen LogP) is 3.79. The number of amides is 1. The summed E-state index contributed by atoms with van der Waals surface area (Å²) in [6.45, 7) is 2.41. The van der Waals surface area contributed by atoms with Crippen molar-refractivity contribution in [3.8, 4) is 0 Å². The molecule has 0 radical (unpaired) electrons. The van der Waals surface area contributed by atoms with Gasteiger partial charge < -0.3 is 10.1 Å². The Morgan fingerprint density at radius 1 is 1.29 bits per heavy atom. The van der Waals surface area contributed by atoms with Crippen molar-refractivity contribution in [2.75, 3.05) is 10.6 Å². The molecule has 3 rings (SSSR count). The van der Waals surface area contributed by atoms with E-state index in [4.69, 9.17) is 4.74 Å². The molecule has 2 aromatic carbocycles. The van der Waals surface area contributed by atoms with Crippen LogP contribution in [0.15, 0.2) is 48.5 Å². The fraction of sp³-hybridized carbons (Fsp3) is 0.235. The number of rotatable bonds is 3. The summed E-state index contributed by atoms with van der Waals surface area (Å²) in [6.07, 6.45) is 0.544. The lowest BCUT2D eigenvalue weighted by atomic mass is 10.1. The van der Waals surface area contributed by atoms with Crippen molar-refractivity contribution in [1.82, 2.24) is 0 Å². The molecule has 1 aliphatic heterocycles. The van der Waals surface area contributed by atoms with Crippen LogP contribution in [0.1, 0.15) is 18.1 Å². The van der Waals surface area contributed by atoms with Gasteiger partial charge in [0.1, 0.15) is 6.61 Å². The standard InChI is InChI=1S/C17H18N2O2/c1-12-9-14-10-15(7-8-16(14)18-12)19-17(20)21-11-13-5-3-2-4-6-13/h2-8,10,12,18H,9,11H2,1H3,(H,19,20)/t12-/m1/s1. The molecule has 108 valence electrons. The second-order valence-corrected chi connectivity index (χ2v) is 5.31. The van der Waals surface area contributed by atoms with Crippen LogP contribution in [0.2, 0.25) is 0 Å². The molecule has 1 aliphatic rings. The first-order valence-electron chi connectivity index (χ1n) is 7.08. The Morgan fingerprint density at radius 3 is 2.90 bits per heavy atom. The Balaban J connectivity index is 1.57. The van der Waals surface area contributed by atoms with Crippen LogP contribution in [0.4, 0.5) is 16.2 Å². The molecule has 21 heavy (non-hydrogen) atoms. The molecule has 1 atom stereocenters. The number of carbonyl (C=O) groups is 1. The SMILES string of the molecule is C[C@@H]1Cc2cc(NC(=O)OCc3ccccc3)ccc2N1. The summed E-state index contributed by atoms with van der Waals surface area (Å²) in [4.78, 5) is 11.8. The summed E-state index contributed by atoms with van der Waals surface area (Å²) in [5.41, 5.74) is 4.11. The molecule has 0 aromatic heterocycles. The summed E-state index contributed by atoms with van der Waals surface area (Å²) in [5, 5.41) is 6.15. The molecule has 1 amide bonds. The van der Waals surface area contributed by atoms with Crippen molar-refractivity contribution >= 4 is 17.5 Å². The quantitative estimate of drug-likeness (QED) is 0.900. The highest BCUT2D eigenvalue weighted by atomic mass is 16.5. The van der Waals surface area contributed by atoms with Crippen molar-refractivity contribution in [3.05, 3.63) is 59.7 Å². The summed E-state index contributed by atoms with van der Waals surface area (Å²) in [5.74, 6) is 0. The van der Waals surface area contributed by atoms with E-state index in [0.717, 1.165) is 23.4 Å². The van der Waals surface area contributed by atoms with Gasteiger partial charge in [0.25, 0.3) is 0 Å². The number of carbonyl (C=O) groups excluding carboxylic acids is 1. The molecular formula is C17H18N2O2. The first-order chi connectivity index (χ1) is 10.2. The molecule has 0 fully saturated rings. The van der Waals surface area contributed by atoms with Gasteiger partial charge in [0.2, 0.25) is 0 Å². The van der Waals surface area contributed by atoms with E-state index in [1.807, 2.05) is 48.5 Å². The van der Waals surface area contributed by atoms with Crippen LogP contribution in [0.25, 0.3) is 0 Å². The van der Waals surface area contributed by atoms with Crippen LogP contribution in [0, 0.1) is 0 Å². The van der Waals surface area contributed by atoms with Crippen LogP contribution >= 0.6 is 0 Å². The molecule has 4 heteroatoms. The number of benzene rings is 2. The van der Waals surface area contributed by atoms with E-state index in [-0.39, 0.29) is 6.61 Å². The van der Waals surface area contributed by atoms with Gasteiger partial charge in [-0.2, -0.15) is 0 Å². The average Bonchev–Trinajstić information content (AvgIpc) is 2.85. The minimum absolute atomic E-state index is 0.274. The molecule has 0 spiro atoms. The molecule has 0 aliphatic carbocycles. The van der Waals surface area contributed by atoms with E-state index in [1.165, 1.54) is 5.56 Å². The zero-order valence-electron chi connectivity index (χ0n) is 11.9. The van der Waals surface area contributed by atoms with Gasteiger partial charge in [-0.3, -0.25) is 5.32 Å². The number of anilines is 2. The molecule has 4 nitrogen and oxygen atoms in total. The molecular weight excluding hydrogens is 264 g/mol. The lowest BCUT2D eigenvalue weighted by Gasteiger charge is -2.08. The van der Waals surface area contributed by atoms with E-state index in [0.29, 0.717) is 6.04 Å². The van der Waals surface area contributed by atoms with Crippen molar-refractivity contribution < 1.29 is 9.53 Å². The summed E-state index contributed by atoms with van der Waals surface area (Å²) in [6, 6.07) is 15.9. The van der Waals surface area contributed by atoms with Gasteiger partial charge in [-0.05, 0) is 42.7 Å². The number of ether oxygens (including phenoxy) is 1. The predicted molar refractivity (Wildman–Crippen MR) is 83.5 cm³/mol. The van der Waals surface area contributed by atoms with Gasteiger partial charge in [-0.15, -0.1) is 0 Å². The zero-order valence-corrected chi connectivity index (χ0v) is 11.9. The first kappa shape index (κ1) is 13.5. The van der Waals surface area contributed by atoms with Gasteiger partial charge in [0, 0.05) is 17.4 Å². The Labute approximate surface area is 124 Å². The van der Waals surface area contributed by atoms with Gasteiger partial charge >= 0.3 is 6.09 Å². The van der Waals surface area contributed by atoms with E-state index < -0.39 is 6.09 Å². The van der Waals surface area contributed by atoms with Crippen molar-refractivity contribution in [2.24, 2.45) is 0 Å². The smallest absolute Gasteiger partial charge is 0.411 e. The third kappa shape index (κ3) is 3.34. The van der Waals surface area contributed by atoms with Gasteiger partial charge in [-0.1, -0.05) is 30.3 Å². The second kappa shape index (κ2) is 5.87. The van der Waals surface area contributed by atoms with E-state index in [1.54, 1.807) is 0 Å². The Kier molecular flexibility index (Phi) is 3.77. The summed E-state index contributed by atoms with van der Waals surface area (Å²) < 4.78 is 5.21. The van der Waals surface area contributed by atoms with Gasteiger partial charge in [0.05, 0.1) is 0 Å². The van der Waals surface area contributed by atoms with Crippen LogP contribution in [-0.4, -0.2) is 12.1 Å². The first-order valence-corrected chi connectivity index (χ1v) is 7.08. The highest BCUT2D eigenvalue weighted by Crippen LogP contribution is 2.28. The third-order valence-electron chi connectivity index (χ3n) is 3.49. The van der Waals surface area contributed by atoms with Crippen LogP contribution < -0.4 is 10.6 Å². The average molecular weight is 282 g/mol. The van der Waals surface area contributed by atoms with Crippen LogP contribution in [0.3, 0.4) is 0 Å². The van der Waals surface area contributed by atoms with Crippen molar-refractivity contribution in [2.45, 2.75) is 26.0 Å². The van der Waals surface area contributed by atoms with Gasteiger partial charge in [-0.25, -0.2) is 4.79 Å². The second-order valence-electron chi connectivity index (χ2n) is 5.31. The summed E-state index contributed by atoms with van der Waals surface area (Å²) >= 11 is 0. The van der Waals surface area contributed by atoms with E-state index in [2.05, 4.69) is 17.6 Å². The lowest BCUT2D eigenvalue weighted by Crippen LogP contribution is -2.13. The minimum atomic E-state index is -0.433. The molecule has 1 heterocycles. The van der Waals surface area contributed by atoms with E-state index >= 15 is 0 Å². The van der Waals surface area contributed by atoms with Crippen LogP contribution in [-0.2, 0) is 17.8 Å². The maximum Gasteiger partial charge on any atom is 0.411 e. The fourth-order valence-electron chi connectivity index (χ4n) is 2.50. The van der Waals surface area contributed by atoms with Crippen molar-refractivity contribution in [1.29, 1.82) is 0 Å². The number of hydrogen-bond donors (Lipinski definition) is 2. The fourth-order valence-corrected chi connectivity index (χ4v) is 2.50. The van der Waals surface area contributed by atoms with E-state index in [9.17, 15) is 4.79 Å². The topological polar surface area (TPSA) is 50.4 Å². The van der Waals surface area contributed by atoms with Gasteiger partial charge in [0.15, 0.2) is 0 Å². The van der Waals surface area contributed by atoms with Crippen LogP contribution in [0.5, 0.6) is 0 Å². The van der Waals surface area contributed by atoms with Crippen molar-refractivity contribution in [3.63, 3.8) is 0 Å². The molecule has 0 saturated heterocycles. The Bertz CT molecular complexity index is 640. The monoisotopic (exact) mass is 282 g/mol. The summed E-state index contributed by atoms with van der Waals surface area (Å²) in [7, 11) is 0. The normalized spacial score (nSPS) is 16.0. The molecule has 0 saturated carbocycles. The Morgan fingerprint density at radius 2 is 2.10 bits per heavy atom. The number of hydrogen-bond acceptors (Lipinski definition) is 3. The third-order valence-corrected chi connectivity index (χ3v) is 3.49. The lowest BCUT2D eigenvalue weighted by molar-refractivity contribution is 0.155. The minimum Gasteiger partial charge on any atom is -0.444 e. The zero-order chi connectivity index (χ0) is 14.7. The number of nitrogens with one attached hydrogen (secondary N) is 2. The molecule has 0 bridgehead atoms. The molecule has 2 aromatic rings. The maximum absolute atomic E-state index is 11.8. The maximum atomic E-state index is 11.8.